The van der Waals surface area contributed by atoms with E-state index >= 15 is 0 Å². The quantitative estimate of drug-likeness (QED) is 0.694. The van der Waals surface area contributed by atoms with Crippen LogP contribution >= 0.6 is 0 Å². The number of nitrogens with one attached hydrogen (secondary N) is 1. The van der Waals surface area contributed by atoms with Crippen molar-refractivity contribution in [2.45, 2.75) is 0 Å². The van der Waals surface area contributed by atoms with E-state index < -0.39 is 0 Å². The van der Waals surface area contributed by atoms with Crippen LogP contribution in [0.1, 0.15) is 0 Å². The summed E-state index contributed by atoms with van der Waals surface area (Å²) in [6.07, 6.45) is 1.27. The largest absolute Gasteiger partial charge is 0.299 e. The van der Waals surface area contributed by atoms with Crippen LogP contribution in [0.3, 0.4) is 0 Å². The molecule has 0 aliphatic carbocycles. The van der Waals surface area contributed by atoms with Gasteiger partial charge in [0.05, 0.1) is 0 Å². The molecule has 0 aliphatic heterocycles. The maximum absolute atomic E-state index is 11.2. The predicted octanol–water partition coefficient (Wildman–Crippen LogP) is 0.832. The standard InChI is InChI=1S/C9H7N3O/c13-9-8(12-11-6-10-9)7-4-2-1-3-5-7/h1-6H,(H,10,11,13). The lowest BCUT2D eigenvalue weighted by atomic mass is 10.2. The Morgan fingerprint density at radius 1 is 1.15 bits per heavy atom. The van der Waals surface area contributed by atoms with Crippen LogP contribution in [0.15, 0.2) is 41.5 Å². The Hall–Kier alpha value is -1.97. The minimum Gasteiger partial charge on any atom is -0.267 e. The lowest BCUT2D eigenvalue weighted by Gasteiger charge is -1.95. The van der Waals surface area contributed by atoms with Crippen molar-refractivity contribution in [1.29, 1.82) is 0 Å². The molecule has 2 aromatic rings. The van der Waals surface area contributed by atoms with Crippen molar-refractivity contribution in [1.82, 2.24) is 15.2 Å². The average molecular weight is 173 g/mol. The highest BCUT2D eigenvalue weighted by Crippen LogP contribution is 2.09. The van der Waals surface area contributed by atoms with Crippen molar-refractivity contribution in [3.8, 4) is 11.3 Å². The Kier molecular flexibility index (Phi) is 1.88. The second kappa shape index (κ2) is 3.18. The van der Waals surface area contributed by atoms with Crippen molar-refractivity contribution in [2.75, 3.05) is 0 Å². The number of aromatic amines is 1. The average Bonchev–Trinajstić information content (AvgIpc) is 2.20. The second-order valence-electron chi connectivity index (χ2n) is 2.52. The Bertz CT molecular complexity index is 450. The first-order chi connectivity index (χ1) is 6.38. The molecule has 0 saturated carbocycles. The van der Waals surface area contributed by atoms with E-state index in [2.05, 4.69) is 15.2 Å². The molecule has 2 rings (SSSR count). The van der Waals surface area contributed by atoms with Gasteiger partial charge in [0.2, 0.25) is 0 Å². The molecule has 0 amide bonds. The van der Waals surface area contributed by atoms with Crippen molar-refractivity contribution in [3.63, 3.8) is 0 Å². The molecular formula is C9H7N3O. The Labute approximate surface area is 74.3 Å². The van der Waals surface area contributed by atoms with E-state index in [0.29, 0.717) is 5.69 Å². The van der Waals surface area contributed by atoms with Crippen LogP contribution in [0.5, 0.6) is 0 Å². The van der Waals surface area contributed by atoms with Crippen LogP contribution in [-0.4, -0.2) is 15.2 Å². The van der Waals surface area contributed by atoms with E-state index in [1.165, 1.54) is 6.33 Å². The minimum absolute atomic E-state index is 0.315. The molecule has 0 unspecified atom stereocenters. The molecule has 64 valence electrons. The highest BCUT2D eigenvalue weighted by Gasteiger charge is 2.02. The maximum Gasteiger partial charge on any atom is 0.299 e. The first-order valence-corrected chi connectivity index (χ1v) is 3.83. The van der Waals surface area contributed by atoms with E-state index in [-0.39, 0.29) is 5.56 Å². The summed E-state index contributed by atoms with van der Waals surface area (Å²) in [6, 6.07) is 9.22. The van der Waals surface area contributed by atoms with Gasteiger partial charge in [-0.25, -0.2) is 0 Å². The van der Waals surface area contributed by atoms with Crippen LogP contribution in [0, 0.1) is 0 Å². The summed E-state index contributed by atoms with van der Waals surface area (Å²) >= 11 is 0. The fourth-order valence-electron chi connectivity index (χ4n) is 1.07. The summed E-state index contributed by atoms with van der Waals surface area (Å²) in [7, 11) is 0. The second-order valence-corrected chi connectivity index (χ2v) is 2.52. The van der Waals surface area contributed by atoms with Crippen molar-refractivity contribution >= 4 is 0 Å². The number of hydrogen-bond acceptors (Lipinski definition) is 3. The Balaban J connectivity index is 2.60. The van der Waals surface area contributed by atoms with Crippen LogP contribution in [-0.2, 0) is 0 Å². The summed E-state index contributed by atoms with van der Waals surface area (Å²) < 4.78 is 0. The molecule has 1 aromatic carbocycles. The monoisotopic (exact) mass is 173 g/mol. The van der Waals surface area contributed by atoms with E-state index in [0.717, 1.165) is 5.56 Å². The number of hydrogen-bond donors (Lipinski definition) is 1. The third kappa shape index (κ3) is 1.46. The Morgan fingerprint density at radius 2 is 1.92 bits per heavy atom. The predicted molar refractivity (Wildman–Crippen MR) is 48.1 cm³/mol. The molecule has 4 nitrogen and oxygen atoms in total. The van der Waals surface area contributed by atoms with Gasteiger partial charge in [0, 0.05) is 5.56 Å². The van der Waals surface area contributed by atoms with Gasteiger partial charge in [0.15, 0.2) is 5.69 Å². The van der Waals surface area contributed by atoms with Gasteiger partial charge in [0.25, 0.3) is 5.56 Å². The van der Waals surface area contributed by atoms with Gasteiger partial charge in [-0.05, 0) is 0 Å². The SMILES string of the molecule is O=c1nc[nH]nc1-c1ccccc1. The van der Waals surface area contributed by atoms with Gasteiger partial charge in [-0.3, -0.25) is 9.89 Å². The number of aromatic nitrogens is 3. The first-order valence-electron chi connectivity index (χ1n) is 3.83. The zero-order chi connectivity index (χ0) is 9.10. The van der Waals surface area contributed by atoms with Crippen molar-refractivity contribution in [2.24, 2.45) is 0 Å². The fraction of sp³-hybridized carbons (Fsp3) is 0. The topological polar surface area (TPSA) is 58.6 Å². The summed E-state index contributed by atoms with van der Waals surface area (Å²) in [4.78, 5) is 14.8. The molecule has 0 radical (unpaired) electrons. The zero-order valence-corrected chi connectivity index (χ0v) is 6.77. The molecule has 0 spiro atoms. The van der Waals surface area contributed by atoms with E-state index in [1.54, 1.807) is 0 Å². The first kappa shape index (κ1) is 7.67. The molecule has 0 bridgehead atoms. The molecular weight excluding hydrogens is 166 g/mol. The third-order valence-electron chi connectivity index (χ3n) is 1.67. The summed E-state index contributed by atoms with van der Waals surface area (Å²) in [5.41, 5.74) is 0.810. The van der Waals surface area contributed by atoms with Crippen LogP contribution in [0.2, 0.25) is 0 Å². The molecule has 13 heavy (non-hydrogen) atoms. The normalized spacial score (nSPS) is 9.85. The highest BCUT2D eigenvalue weighted by molar-refractivity contribution is 5.56. The molecule has 1 N–H and O–H groups in total. The van der Waals surface area contributed by atoms with E-state index in [1.807, 2.05) is 30.3 Å². The van der Waals surface area contributed by atoms with Crippen LogP contribution < -0.4 is 5.56 Å². The van der Waals surface area contributed by atoms with Crippen molar-refractivity contribution in [3.05, 3.63) is 47.0 Å². The fourth-order valence-corrected chi connectivity index (χ4v) is 1.07. The molecule has 0 aliphatic rings. The van der Waals surface area contributed by atoms with Gasteiger partial charge < -0.3 is 0 Å². The molecule has 1 heterocycles. The lowest BCUT2D eigenvalue weighted by Crippen LogP contribution is -2.11. The van der Waals surface area contributed by atoms with Gasteiger partial charge in [-0.1, -0.05) is 30.3 Å². The summed E-state index contributed by atoms with van der Waals surface area (Å²) in [5.74, 6) is 0. The van der Waals surface area contributed by atoms with Gasteiger partial charge >= 0.3 is 0 Å². The van der Waals surface area contributed by atoms with Crippen LogP contribution in [0.4, 0.5) is 0 Å². The summed E-state index contributed by atoms with van der Waals surface area (Å²) in [5, 5.41) is 6.39. The lowest BCUT2D eigenvalue weighted by molar-refractivity contribution is 0.952. The molecule has 0 saturated heterocycles. The summed E-state index contributed by atoms with van der Waals surface area (Å²) in [6.45, 7) is 0. The molecule has 0 atom stereocenters. The van der Waals surface area contributed by atoms with Gasteiger partial charge in [-0.15, -0.1) is 0 Å². The minimum atomic E-state index is -0.315. The molecule has 1 aromatic heterocycles. The van der Waals surface area contributed by atoms with Gasteiger partial charge in [0.1, 0.15) is 6.33 Å². The van der Waals surface area contributed by atoms with Crippen molar-refractivity contribution < 1.29 is 0 Å². The number of benzene rings is 1. The number of nitrogens with zero attached hydrogens (tertiary/aromatic N) is 2. The Morgan fingerprint density at radius 3 is 2.62 bits per heavy atom. The van der Waals surface area contributed by atoms with E-state index in [4.69, 9.17) is 0 Å². The van der Waals surface area contributed by atoms with Crippen LogP contribution in [0.25, 0.3) is 11.3 Å². The number of rotatable bonds is 1. The molecule has 0 fully saturated rings. The molecule has 4 heteroatoms. The maximum atomic E-state index is 11.2. The van der Waals surface area contributed by atoms with E-state index in [9.17, 15) is 4.79 Å². The van der Waals surface area contributed by atoms with Gasteiger partial charge in [-0.2, -0.15) is 10.1 Å². The zero-order valence-electron chi connectivity index (χ0n) is 6.77. The highest BCUT2D eigenvalue weighted by atomic mass is 16.1. The third-order valence-corrected chi connectivity index (χ3v) is 1.67. The smallest absolute Gasteiger partial charge is 0.267 e. The number of H-pyrrole nitrogens is 1.